The lowest BCUT2D eigenvalue weighted by atomic mass is 9.46. The molecule has 160 valence electrons. The van der Waals surface area contributed by atoms with Crippen molar-refractivity contribution in [2.24, 2.45) is 28.6 Å². The molecule has 2 heterocycles. The maximum atomic E-state index is 11.3. The lowest BCUT2D eigenvalue weighted by Gasteiger charge is -2.60. The Morgan fingerprint density at radius 3 is 2.43 bits per heavy atom. The summed E-state index contributed by atoms with van der Waals surface area (Å²) in [6.07, 6.45) is 2.36. The molecule has 4 aliphatic rings. The minimum Gasteiger partial charge on any atom is -0.367 e. The summed E-state index contributed by atoms with van der Waals surface area (Å²) in [7, 11) is 4.81. The van der Waals surface area contributed by atoms with E-state index in [9.17, 15) is 5.11 Å². The van der Waals surface area contributed by atoms with Crippen LogP contribution in [0.3, 0.4) is 0 Å². The minimum absolute atomic E-state index is 0.0182. The Morgan fingerprint density at radius 2 is 1.75 bits per heavy atom. The third kappa shape index (κ3) is 2.81. The van der Waals surface area contributed by atoms with E-state index in [-0.39, 0.29) is 42.9 Å². The molecule has 0 aromatic rings. The van der Waals surface area contributed by atoms with Gasteiger partial charge in [0.15, 0.2) is 18.9 Å². The van der Waals surface area contributed by atoms with Crippen LogP contribution < -0.4 is 0 Å². The van der Waals surface area contributed by atoms with Gasteiger partial charge in [-0.3, -0.25) is 0 Å². The van der Waals surface area contributed by atoms with E-state index >= 15 is 0 Å². The number of aliphatic hydroxyl groups excluding tert-OH is 1. The van der Waals surface area contributed by atoms with Crippen molar-refractivity contribution in [3.8, 4) is 0 Å². The summed E-state index contributed by atoms with van der Waals surface area (Å²) in [5.41, 5.74) is -0.896. The van der Waals surface area contributed by atoms with Crippen molar-refractivity contribution in [2.75, 3.05) is 34.9 Å². The highest BCUT2D eigenvalue weighted by Gasteiger charge is 2.75. The Morgan fingerprint density at radius 1 is 1.04 bits per heavy atom. The molecule has 0 amide bonds. The fraction of sp³-hybridized carbons (Fsp3) is 0.900. The average Bonchev–Trinajstić information content (AvgIpc) is 3.16. The molecule has 4 rings (SSSR count). The van der Waals surface area contributed by atoms with Crippen LogP contribution in [0.1, 0.15) is 20.3 Å². The highest BCUT2D eigenvalue weighted by Crippen LogP contribution is 2.68. The molecule has 3 fully saturated rings. The first kappa shape index (κ1) is 20.7. The van der Waals surface area contributed by atoms with E-state index in [1.165, 1.54) is 0 Å². The van der Waals surface area contributed by atoms with Crippen molar-refractivity contribution in [1.82, 2.24) is 0 Å². The van der Waals surface area contributed by atoms with Crippen LogP contribution in [0.2, 0.25) is 0 Å². The number of ether oxygens (including phenoxy) is 7. The molecule has 0 radical (unpaired) electrons. The topological polar surface area (TPSA) is 84.8 Å². The standard InChI is InChI=1S/C20H32O8/c1-19(2)8-12(25-9-22-3)15(26-10-23-4)20-13(19)7-6-11-14(20)17(28-18(20)21)27-16(11)24-5/h6-7,11-18,21H,8-10H2,1-5H3/t11-,12-,13-,14+,15-,16-,17?,18?,20+/m0/s1. The van der Waals surface area contributed by atoms with Crippen molar-refractivity contribution in [1.29, 1.82) is 0 Å². The van der Waals surface area contributed by atoms with Crippen LogP contribution >= 0.6 is 0 Å². The van der Waals surface area contributed by atoms with Gasteiger partial charge in [0.25, 0.3) is 0 Å². The van der Waals surface area contributed by atoms with Crippen molar-refractivity contribution in [3.05, 3.63) is 12.2 Å². The fourth-order valence-electron chi connectivity index (χ4n) is 6.16. The zero-order valence-corrected chi connectivity index (χ0v) is 17.2. The molecule has 1 spiro atoms. The third-order valence-corrected chi connectivity index (χ3v) is 7.02. The minimum atomic E-state index is -1.05. The van der Waals surface area contributed by atoms with Gasteiger partial charge in [-0.1, -0.05) is 26.0 Å². The Hall–Kier alpha value is -0.580. The van der Waals surface area contributed by atoms with E-state index in [1.807, 2.05) is 0 Å². The summed E-state index contributed by atoms with van der Waals surface area (Å²) in [6.45, 7) is 4.64. The smallest absolute Gasteiger partial charge is 0.168 e. The summed E-state index contributed by atoms with van der Waals surface area (Å²) in [6, 6.07) is 0. The molecule has 28 heavy (non-hydrogen) atoms. The van der Waals surface area contributed by atoms with Gasteiger partial charge in [0.2, 0.25) is 0 Å². The number of methoxy groups -OCH3 is 3. The number of hydrogen-bond donors (Lipinski definition) is 1. The molecule has 8 nitrogen and oxygen atoms in total. The molecule has 0 aromatic carbocycles. The van der Waals surface area contributed by atoms with Crippen LogP contribution in [0.5, 0.6) is 0 Å². The van der Waals surface area contributed by atoms with Gasteiger partial charge in [0.05, 0.1) is 17.6 Å². The van der Waals surface area contributed by atoms with E-state index in [0.717, 1.165) is 6.42 Å². The quantitative estimate of drug-likeness (QED) is 0.508. The van der Waals surface area contributed by atoms with E-state index < -0.39 is 30.4 Å². The molecule has 2 aliphatic carbocycles. The summed E-state index contributed by atoms with van der Waals surface area (Å²) in [5.74, 6) is -0.128. The summed E-state index contributed by atoms with van der Waals surface area (Å²) < 4.78 is 40.1. The molecule has 2 unspecified atom stereocenters. The Bertz CT molecular complexity index is 595. The second-order valence-electron chi connectivity index (χ2n) is 8.86. The van der Waals surface area contributed by atoms with Crippen LogP contribution in [0.25, 0.3) is 0 Å². The summed E-state index contributed by atoms with van der Waals surface area (Å²) in [5, 5.41) is 11.3. The van der Waals surface area contributed by atoms with Crippen LogP contribution in [0.4, 0.5) is 0 Å². The maximum absolute atomic E-state index is 11.3. The third-order valence-electron chi connectivity index (χ3n) is 7.02. The van der Waals surface area contributed by atoms with E-state index in [1.54, 1.807) is 21.3 Å². The predicted octanol–water partition coefficient (Wildman–Crippen LogP) is 1.48. The van der Waals surface area contributed by atoms with Crippen LogP contribution in [0, 0.1) is 28.6 Å². The molecule has 1 saturated carbocycles. The zero-order chi connectivity index (χ0) is 20.1. The lowest BCUT2D eigenvalue weighted by Crippen LogP contribution is -2.66. The van der Waals surface area contributed by atoms with Crippen molar-refractivity contribution >= 4 is 0 Å². The number of rotatable bonds is 7. The second-order valence-corrected chi connectivity index (χ2v) is 8.86. The lowest BCUT2D eigenvalue weighted by molar-refractivity contribution is -0.299. The first-order valence-electron chi connectivity index (χ1n) is 9.83. The molecule has 1 N–H and O–H groups in total. The first-order valence-corrected chi connectivity index (χ1v) is 9.83. The van der Waals surface area contributed by atoms with Gasteiger partial charge in [-0.2, -0.15) is 0 Å². The molecule has 8 heteroatoms. The van der Waals surface area contributed by atoms with Gasteiger partial charge in [-0.15, -0.1) is 0 Å². The monoisotopic (exact) mass is 400 g/mol. The molecule has 2 aliphatic heterocycles. The van der Waals surface area contributed by atoms with Gasteiger partial charge in [-0.25, -0.2) is 0 Å². The summed E-state index contributed by atoms with van der Waals surface area (Å²) in [4.78, 5) is 0. The molecule has 0 bridgehead atoms. The fourth-order valence-corrected chi connectivity index (χ4v) is 6.16. The van der Waals surface area contributed by atoms with Crippen molar-refractivity contribution in [2.45, 2.75) is 51.3 Å². The largest absolute Gasteiger partial charge is 0.367 e. The molecule has 2 saturated heterocycles. The maximum Gasteiger partial charge on any atom is 0.168 e. The Balaban J connectivity index is 1.81. The molecular weight excluding hydrogens is 368 g/mol. The Kier molecular flexibility index (Phi) is 5.61. The first-order chi connectivity index (χ1) is 13.4. The van der Waals surface area contributed by atoms with Gasteiger partial charge >= 0.3 is 0 Å². The van der Waals surface area contributed by atoms with Crippen LogP contribution in [-0.2, 0) is 33.2 Å². The second kappa shape index (κ2) is 7.59. The van der Waals surface area contributed by atoms with Gasteiger partial charge in [0, 0.05) is 33.2 Å². The van der Waals surface area contributed by atoms with E-state index in [2.05, 4.69) is 26.0 Å². The highest BCUT2D eigenvalue weighted by atomic mass is 16.8. The zero-order valence-electron chi connectivity index (χ0n) is 17.2. The number of allylic oxidation sites excluding steroid dienone is 1. The normalized spacial score (nSPS) is 48.5. The van der Waals surface area contributed by atoms with Crippen LogP contribution in [-0.4, -0.2) is 71.1 Å². The van der Waals surface area contributed by atoms with Crippen molar-refractivity contribution < 1.29 is 38.3 Å². The highest BCUT2D eigenvalue weighted by molar-refractivity contribution is 5.25. The average molecular weight is 400 g/mol. The molecule has 9 atom stereocenters. The van der Waals surface area contributed by atoms with Gasteiger partial charge in [-0.05, 0) is 17.8 Å². The van der Waals surface area contributed by atoms with Crippen LogP contribution in [0.15, 0.2) is 12.2 Å². The summed E-state index contributed by atoms with van der Waals surface area (Å²) >= 11 is 0. The van der Waals surface area contributed by atoms with Crippen molar-refractivity contribution in [3.63, 3.8) is 0 Å². The van der Waals surface area contributed by atoms with E-state index in [4.69, 9.17) is 33.2 Å². The SMILES string of the molecule is COCO[C@H]1CC(C)(C)[C@@H]2C=C[C@@H]3[C@@H](OC)OC4OC(O)[C@@]2([C@H]1OCOC)[C@@H]43. The molecular formula is C20H32O8. The predicted molar refractivity (Wildman–Crippen MR) is 96.7 cm³/mol. The number of hydrogen-bond acceptors (Lipinski definition) is 8. The Labute approximate surface area is 166 Å². The number of aliphatic hydroxyl groups is 1. The van der Waals surface area contributed by atoms with Gasteiger partial charge < -0.3 is 38.3 Å². The van der Waals surface area contributed by atoms with E-state index in [0.29, 0.717) is 0 Å². The molecule has 0 aromatic heterocycles. The van der Waals surface area contributed by atoms with Gasteiger partial charge in [0.1, 0.15) is 13.6 Å².